The SMILES string of the molecule is CS(=O)(=O)N(CCC(=O)NCc1ccccc1)c1cccc2cccnc12. The second-order valence-corrected chi connectivity index (χ2v) is 8.11. The molecule has 0 spiro atoms. The first-order valence-electron chi connectivity index (χ1n) is 8.57. The van der Waals surface area contributed by atoms with Crippen molar-refractivity contribution in [1.29, 1.82) is 0 Å². The fourth-order valence-corrected chi connectivity index (χ4v) is 3.77. The van der Waals surface area contributed by atoms with Crippen LogP contribution in [0.5, 0.6) is 0 Å². The molecule has 2 aromatic carbocycles. The van der Waals surface area contributed by atoms with E-state index >= 15 is 0 Å². The van der Waals surface area contributed by atoms with E-state index in [4.69, 9.17) is 0 Å². The van der Waals surface area contributed by atoms with Crippen molar-refractivity contribution in [3.63, 3.8) is 0 Å². The molecule has 0 unspecified atom stereocenters. The maximum atomic E-state index is 12.3. The number of pyridine rings is 1. The minimum Gasteiger partial charge on any atom is -0.352 e. The maximum Gasteiger partial charge on any atom is 0.232 e. The molecule has 0 saturated heterocycles. The summed E-state index contributed by atoms with van der Waals surface area (Å²) in [6.45, 7) is 0.462. The van der Waals surface area contributed by atoms with E-state index in [1.165, 1.54) is 4.31 Å². The zero-order valence-corrected chi connectivity index (χ0v) is 15.8. The smallest absolute Gasteiger partial charge is 0.232 e. The standard InChI is InChI=1S/C20H21N3O3S/c1-27(25,26)23(18-11-5-9-17-10-6-13-21-20(17)18)14-12-19(24)22-15-16-7-3-2-4-8-16/h2-11,13H,12,14-15H2,1H3,(H,22,24). The first-order valence-corrected chi connectivity index (χ1v) is 10.4. The Balaban J connectivity index is 1.73. The number of hydrogen-bond donors (Lipinski definition) is 1. The van der Waals surface area contributed by atoms with Gasteiger partial charge in [-0.1, -0.05) is 48.5 Å². The fraction of sp³-hybridized carbons (Fsp3) is 0.200. The number of amides is 1. The average molecular weight is 383 g/mol. The van der Waals surface area contributed by atoms with Crippen molar-refractivity contribution in [2.45, 2.75) is 13.0 Å². The van der Waals surface area contributed by atoms with E-state index in [1.54, 1.807) is 24.4 Å². The Morgan fingerprint density at radius 1 is 1.04 bits per heavy atom. The van der Waals surface area contributed by atoms with E-state index in [0.717, 1.165) is 17.2 Å². The molecular weight excluding hydrogens is 362 g/mol. The van der Waals surface area contributed by atoms with E-state index in [0.29, 0.717) is 17.7 Å². The molecule has 3 aromatic rings. The Kier molecular flexibility index (Phi) is 5.71. The summed E-state index contributed by atoms with van der Waals surface area (Å²) in [7, 11) is -3.56. The lowest BCUT2D eigenvalue weighted by Gasteiger charge is -2.23. The lowest BCUT2D eigenvalue weighted by Crippen LogP contribution is -2.34. The molecule has 0 atom stereocenters. The number of nitrogens with one attached hydrogen (secondary N) is 1. The molecule has 3 rings (SSSR count). The fourth-order valence-electron chi connectivity index (χ4n) is 2.84. The van der Waals surface area contributed by atoms with Gasteiger partial charge in [0.1, 0.15) is 0 Å². The lowest BCUT2D eigenvalue weighted by molar-refractivity contribution is -0.121. The van der Waals surface area contributed by atoms with Crippen molar-refractivity contribution in [3.05, 3.63) is 72.4 Å². The number of fused-ring (bicyclic) bond motifs is 1. The molecule has 0 radical (unpaired) electrons. The van der Waals surface area contributed by atoms with Gasteiger partial charge >= 0.3 is 0 Å². The van der Waals surface area contributed by atoms with E-state index in [1.807, 2.05) is 42.5 Å². The van der Waals surface area contributed by atoms with Gasteiger partial charge in [0.05, 0.1) is 17.5 Å². The Labute approximate surface area is 158 Å². The molecule has 1 amide bonds. The summed E-state index contributed by atoms with van der Waals surface area (Å²) in [5.74, 6) is -0.208. The topological polar surface area (TPSA) is 79.4 Å². The highest BCUT2D eigenvalue weighted by Crippen LogP contribution is 2.26. The Morgan fingerprint density at radius 3 is 2.52 bits per heavy atom. The minimum absolute atomic E-state index is 0.0507. The van der Waals surface area contributed by atoms with Crippen LogP contribution in [-0.2, 0) is 21.4 Å². The summed E-state index contributed by atoms with van der Waals surface area (Å²) in [6, 6.07) is 18.6. The van der Waals surface area contributed by atoms with Crippen LogP contribution in [0.25, 0.3) is 10.9 Å². The molecule has 0 fully saturated rings. The quantitative estimate of drug-likeness (QED) is 0.680. The zero-order valence-electron chi connectivity index (χ0n) is 15.0. The molecule has 7 heteroatoms. The molecule has 27 heavy (non-hydrogen) atoms. The predicted octanol–water partition coefficient (Wildman–Crippen LogP) is 2.71. The monoisotopic (exact) mass is 383 g/mol. The van der Waals surface area contributed by atoms with Gasteiger partial charge in [-0.3, -0.25) is 14.1 Å². The van der Waals surface area contributed by atoms with Crippen LogP contribution in [0.15, 0.2) is 66.9 Å². The van der Waals surface area contributed by atoms with Crippen molar-refractivity contribution in [2.75, 3.05) is 17.1 Å². The molecule has 1 heterocycles. The molecule has 140 valence electrons. The molecule has 6 nitrogen and oxygen atoms in total. The van der Waals surface area contributed by atoms with Crippen LogP contribution in [-0.4, -0.2) is 32.1 Å². The number of rotatable bonds is 7. The number of para-hydroxylation sites is 1. The molecule has 0 saturated carbocycles. The van der Waals surface area contributed by atoms with Gasteiger partial charge < -0.3 is 5.32 Å². The first kappa shape index (κ1) is 18.8. The van der Waals surface area contributed by atoms with Crippen LogP contribution in [0, 0.1) is 0 Å². The van der Waals surface area contributed by atoms with Gasteiger partial charge in [0.2, 0.25) is 15.9 Å². The lowest BCUT2D eigenvalue weighted by atomic mass is 10.2. The van der Waals surface area contributed by atoms with E-state index in [9.17, 15) is 13.2 Å². The summed E-state index contributed by atoms with van der Waals surface area (Å²) in [4.78, 5) is 16.5. The second kappa shape index (κ2) is 8.18. The maximum absolute atomic E-state index is 12.3. The number of anilines is 1. The summed E-state index contributed by atoms with van der Waals surface area (Å²) in [6.07, 6.45) is 2.82. The average Bonchev–Trinajstić information content (AvgIpc) is 2.66. The van der Waals surface area contributed by atoms with Crippen LogP contribution >= 0.6 is 0 Å². The summed E-state index contributed by atoms with van der Waals surface area (Å²) in [5, 5.41) is 3.66. The Morgan fingerprint density at radius 2 is 1.78 bits per heavy atom. The van der Waals surface area contributed by atoms with Crippen molar-refractivity contribution < 1.29 is 13.2 Å². The Hall–Kier alpha value is -2.93. The largest absolute Gasteiger partial charge is 0.352 e. The van der Waals surface area contributed by atoms with Crippen LogP contribution in [0.2, 0.25) is 0 Å². The molecule has 1 aromatic heterocycles. The van der Waals surface area contributed by atoms with Crippen molar-refractivity contribution in [3.8, 4) is 0 Å². The molecule has 0 aliphatic carbocycles. The minimum atomic E-state index is -3.56. The highest BCUT2D eigenvalue weighted by molar-refractivity contribution is 7.92. The van der Waals surface area contributed by atoms with Gasteiger partial charge in [-0.05, 0) is 17.7 Å². The Bertz CT molecular complexity index is 1030. The molecule has 0 aliphatic heterocycles. The number of nitrogens with zero attached hydrogens (tertiary/aromatic N) is 2. The molecular formula is C20H21N3O3S. The second-order valence-electron chi connectivity index (χ2n) is 6.20. The first-order chi connectivity index (χ1) is 12.9. The normalized spacial score (nSPS) is 11.3. The number of sulfonamides is 1. The van der Waals surface area contributed by atoms with Crippen molar-refractivity contribution in [2.24, 2.45) is 0 Å². The number of carbonyl (C=O) groups excluding carboxylic acids is 1. The van der Waals surface area contributed by atoms with Gasteiger partial charge in [-0.25, -0.2) is 8.42 Å². The van der Waals surface area contributed by atoms with E-state index in [-0.39, 0.29) is 18.9 Å². The van der Waals surface area contributed by atoms with Crippen LogP contribution in [0.1, 0.15) is 12.0 Å². The zero-order chi connectivity index (χ0) is 19.3. The molecule has 0 aliphatic rings. The highest BCUT2D eigenvalue weighted by atomic mass is 32.2. The van der Waals surface area contributed by atoms with Gasteiger partial charge in [0.15, 0.2) is 0 Å². The van der Waals surface area contributed by atoms with Gasteiger partial charge in [0, 0.05) is 31.1 Å². The summed E-state index contributed by atoms with van der Waals surface area (Å²) >= 11 is 0. The number of benzene rings is 2. The summed E-state index contributed by atoms with van der Waals surface area (Å²) in [5.41, 5.74) is 2.06. The van der Waals surface area contributed by atoms with Gasteiger partial charge in [-0.15, -0.1) is 0 Å². The number of aromatic nitrogens is 1. The van der Waals surface area contributed by atoms with Crippen LogP contribution in [0.4, 0.5) is 5.69 Å². The summed E-state index contributed by atoms with van der Waals surface area (Å²) < 4.78 is 25.9. The number of carbonyl (C=O) groups is 1. The highest BCUT2D eigenvalue weighted by Gasteiger charge is 2.21. The van der Waals surface area contributed by atoms with Crippen LogP contribution in [0.3, 0.4) is 0 Å². The third kappa shape index (κ3) is 4.83. The molecule has 0 bridgehead atoms. The van der Waals surface area contributed by atoms with Crippen molar-refractivity contribution >= 4 is 32.5 Å². The van der Waals surface area contributed by atoms with Crippen molar-refractivity contribution in [1.82, 2.24) is 10.3 Å². The third-order valence-electron chi connectivity index (χ3n) is 4.15. The van der Waals surface area contributed by atoms with Gasteiger partial charge in [-0.2, -0.15) is 0 Å². The third-order valence-corrected chi connectivity index (χ3v) is 5.33. The van der Waals surface area contributed by atoms with Crippen LogP contribution < -0.4 is 9.62 Å². The predicted molar refractivity (Wildman–Crippen MR) is 107 cm³/mol. The van der Waals surface area contributed by atoms with E-state index < -0.39 is 10.0 Å². The van der Waals surface area contributed by atoms with E-state index in [2.05, 4.69) is 10.3 Å². The molecule has 1 N–H and O–H groups in total. The van der Waals surface area contributed by atoms with Gasteiger partial charge in [0.25, 0.3) is 0 Å². The number of hydrogen-bond acceptors (Lipinski definition) is 4.